The Morgan fingerprint density at radius 3 is 2.44 bits per heavy atom. The van der Waals surface area contributed by atoms with Crippen molar-refractivity contribution in [1.82, 2.24) is 4.98 Å². The molecule has 3 aromatic rings. The molecule has 1 heterocycles. The molecule has 0 aliphatic rings. The van der Waals surface area contributed by atoms with Crippen LogP contribution >= 0.6 is 0 Å². The molecule has 27 heavy (non-hydrogen) atoms. The van der Waals surface area contributed by atoms with Gasteiger partial charge in [-0.25, -0.2) is 8.42 Å². The van der Waals surface area contributed by atoms with Gasteiger partial charge in [-0.05, 0) is 55.8 Å². The molecule has 0 saturated carbocycles. The number of carbonyl (C=O) groups is 1. The summed E-state index contributed by atoms with van der Waals surface area (Å²) < 4.78 is 27.8. The van der Waals surface area contributed by atoms with Gasteiger partial charge in [0.05, 0.1) is 16.8 Å². The second-order valence-corrected chi connectivity index (χ2v) is 7.83. The lowest BCUT2D eigenvalue weighted by molar-refractivity contribution is 0.102. The summed E-state index contributed by atoms with van der Waals surface area (Å²) in [5.74, 6) is -0.404. The Morgan fingerprint density at radius 2 is 1.74 bits per heavy atom. The van der Waals surface area contributed by atoms with Gasteiger partial charge in [0.2, 0.25) is 0 Å². The van der Waals surface area contributed by atoms with Gasteiger partial charge in [0.25, 0.3) is 15.9 Å². The van der Waals surface area contributed by atoms with Crippen LogP contribution in [0.3, 0.4) is 0 Å². The maximum absolute atomic E-state index is 12.6. The van der Waals surface area contributed by atoms with Gasteiger partial charge in [-0.2, -0.15) is 0 Å². The molecule has 6 nitrogen and oxygen atoms in total. The van der Waals surface area contributed by atoms with E-state index in [9.17, 15) is 13.2 Å². The quantitative estimate of drug-likeness (QED) is 0.704. The van der Waals surface area contributed by atoms with Crippen LogP contribution in [0.15, 0.2) is 71.9 Å². The average molecular weight is 381 g/mol. The molecule has 0 fully saturated rings. The second-order valence-electron chi connectivity index (χ2n) is 6.14. The zero-order valence-corrected chi connectivity index (χ0v) is 15.7. The van der Waals surface area contributed by atoms with Crippen LogP contribution in [0.25, 0.3) is 0 Å². The lowest BCUT2D eigenvalue weighted by Crippen LogP contribution is -2.16. The van der Waals surface area contributed by atoms with E-state index in [4.69, 9.17) is 0 Å². The van der Waals surface area contributed by atoms with Gasteiger partial charge in [-0.3, -0.25) is 14.5 Å². The summed E-state index contributed by atoms with van der Waals surface area (Å²) in [7, 11) is -3.81. The molecular formula is C20H19N3O3S. The SMILES string of the molecule is Cc1ccc(NS(=O)(=O)c2cccc(C(=O)Nc3cnccc3C)c2)cc1. The number of nitrogens with one attached hydrogen (secondary N) is 2. The summed E-state index contributed by atoms with van der Waals surface area (Å²) in [6.45, 7) is 3.77. The number of benzene rings is 2. The number of hydrogen-bond donors (Lipinski definition) is 2. The molecule has 0 radical (unpaired) electrons. The minimum absolute atomic E-state index is 0.0126. The Morgan fingerprint density at radius 1 is 1.00 bits per heavy atom. The van der Waals surface area contributed by atoms with Crippen molar-refractivity contribution in [2.24, 2.45) is 0 Å². The fourth-order valence-corrected chi connectivity index (χ4v) is 3.53. The third-order valence-electron chi connectivity index (χ3n) is 4.00. The molecule has 2 aromatic carbocycles. The maximum atomic E-state index is 12.6. The summed E-state index contributed by atoms with van der Waals surface area (Å²) >= 11 is 0. The molecule has 1 amide bonds. The predicted molar refractivity (Wildman–Crippen MR) is 105 cm³/mol. The predicted octanol–water partition coefficient (Wildman–Crippen LogP) is 3.75. The lowest BCUT2D eigenvalue weighted by atomic mass is 10.2. The highest BCUT2D eigenvalue weighted by Crippen LogP contribution is 2.19. The minimum Gasteiger partial charge on any atom is -0.320 e. The molecule has 0 unspecified atom stereocenters. The highest BCUT2D eigenvalue weighted by molar-refractivity contribution is 7.92. The summed E-state index contributed by atoms with van der Waals surface area (Å²) in [5.41, 5.74) is 3.17. The van der Waals surface area contributed by atoms with Crippen molar-refractivity contribution in [1.29, 1.82) is 0 Å². The first-order valence-corrected chi connectivity index (χ1v) is 9.75. The Labute approximate surface area is 158 Å². The first-order chi connectivity index (χ1) is 12.8. The zero-order chi connectivity index (χ0) is 19.4. The number of aryl methyl sites for hydroxylation is 2. The van der Waals surface area contributed by atoms with Crippen LogP contribution < -0.4 is 10.0 Å². The van der Waals surface area contributed by atoms with Crippen LogP contribution in [0.5, 0.6) is 0 Å². The molecule has 1 aromatic heterocycles. The third-order valence-corrected chi connectivity index (χ3v) is 5.38. The molecule has 2 N–H and O–H groups in total. The number of rotatable bonds is 5. The smallest absolute Gasteiger partial charge is 0.261 e. The molecule has 138 valence electrons. The van der Waals surface area contributed by atoms with Crippen molar-refractivity contribution in [3.8, 4) is 0 Å². The van der Waals surface area contributed by atoms with Crippen molar-refractivity contribution in [3.05, 3.63) is 83.7 Å². The van der Waals surface area contributed by atoms with Gasteiger partial charge in [0.15, 0.2) is 0 Å². The van der Waals surface area contributed by atoms with E-state index in [2.05, 4.69) is 15.0 Å². The average Bonchev–Trinajstić information content (AvgIpc) is 2.65. The third kappa shape index (κ3) is 4.51. The van der Waals surface area contributed by atoms with Gasteiger partial charge in [0.1, 0.15) is 0 Å². The monoisotopic (exact) mass is 381 g/mol. The van der Waals surface area contributed by atoms with E-state index in [-0.39, 0.29) is 10.5 Å². The number of nitrogens with zero attached hydrogens (tertiary/aromatic N) is 1. The van der Waals surface area contributed by atoms with Crippen molar-refractivity contribution >= 4 is 27.3 Å². The van der Waals surface area contributed by atoms with Crippen molar-refractivity contribution in [3.63, 3.8) is 0 Å². The molecule has 0 saturated heterocycles. The maximum Gasteiger partial charge on any atom is 0.261 e. The van der Waals surface area contributed by atoms with Crippen LogP contribution in [0.4, 0.5) is 11.4 Å². The van der Waals surface area contributed by atoms with E-state index in [1.165, 1.54) is 18.2 Å². The Hall–Kier alpha value is -3.19. The van der Waals surface area contributed by atoms with Gasteiger partial charge in [-0.15, -0.1) is 0 Å². The summed E-state index contributed by atoms with van der Waals surface area (Å²) in [6.07, 6.45) is 3.18. The normalized spacial score (nSPS) is 11.0. The highest BCUT2D eigenvalue weighted by Gasteiger charge is 2.17. The summed E-state index contributed by atoms with van der Waals surface area (Å²) in [4.78, 5) is 16.5. The van der Waals surface area contributed by atoms with Crippen LogP contribution in [0.1, 0.15) is 21.5 Å². The van der Waals surface area contributed by atoms with E-state index in [1.807, 2.05) is 26.0 Å². The van der Waals surface area contributed by atoms with Crippen molar-refractivity contribution in [2.45, 2.75) is 18.7 Å². The molecule has 7 heteroatoms. The number of aromatic nitrogens is 1. The van der Waals surface area contributed by atoms with Crippen molar-refractivity contribution in [2.75, 3.05) is 10.0 Å². The van der Waals surface area contributed by atoms with E-state index < -0.39 is 15.9 Å². The molecule has 0 atom stereocenters. The molecule has 0 aliphatic carbocycles. The Kier molecular flexibility index (Phi) is 5.23. The number of sulfonamides is 1. The van der Waals surface area contributed by atoms with Crippen LogP contribution in [-0.2, 0) is 10.0 Å². The fourth-order valence-electron chi connectivity index (χ4n) is 2.43. The van der Waals surface area contributed by atoms with Crippen molar-refractivity contribution < 1.29 is 13.2 Å². The molecule has 3 rings (SSSR count). The van der Waals surface area contributed by atoms with Gasteiger partial charge >= 0.3 is 0 Å². The summed E-state index contributed by atoms with van der Waals surface area (Å²) in [6, 6.07) is 14.7. The fraction of sp³-hybridized carbons (Fsp3) is 0.100. The zero-order valence-electron chi connectivity index (χ0n) is 14.9. The Bertz CT molecular complexity index is 1080. The van der Waals surface area contributed by atoms with Crippen LogP contribution in [0, 0.1) is 13.8 Å². The van der Waals surface area contributed by atoms with Crippen LogP contribution in [-0.4, -0.2) is 19.3 Å². The van der Waals surface area contributed by atoms with Gasteiger partial charge < -0.3 is 5.32 Å². The van der Waals surface area contributed by atoms with E-state index in [0.717, 1.165) is 11.1 Å². The number of hydrogen-bond acceptors (Lipinski definition) is 4. The van der Waals surface area contributed by atoms with E-state index in [1.54, 1.807) is 36.7 Å². The highest BCUT2D eigenvalue weighted by atomic mass is 32.2. The number of amides is 1. The standard InChI is InChI=1S/C20H19N3O3S/c1-14-6-8-17(9-7-14)23-27(25,26)18-5-3-4-16(12-18)20(24)22-19-13-21-11-10-15(19)2/h3-13,23H,1-2H3,(H,22,24). The number of pyridine rings is 1. The summed E-state index contributed by atoms with van der Waals surface area (Å²) in [5, 5.41) is 2.74. The van der Waals surface area contributed by atoms with Crippen LogP contribution in [0.2, 0.25) is 0 Å². The number of anilines is 2. The molecular weight excluding hydrogens is 362 g/mol. The first kappa shape index (κ1) is 18.6. The van der Waals surface area contributed by atoms with E-state index >= 15 is 0 Å². The first-order valence-electron chi connectivity index (χ1n) is 8.27. The molecule has 0 spiro atoms. The number of carbonyl (C=O) groups excluding carboxylic acids is 1. The lowest BCUT2D eigenvalue weighted by Gasteiger charge is -2.11. The van der Waals surface area contributed by atoms with Gasteiger partial charge in [-0.1, -0.05) is 23.8 Å². The largest absolute Gasteiger partial charge is 0.320 e. The van der Waals surface area contributed by atoms with Gasteiger partial charge in [0, 0.05) is 17.4 Å². The molecule has 0 aliphatic heterocycles. The second kappa shape index (κ2) is 7.59. The molecule has 0 bridgehead atoms. The topological polar surface area (TPSA) is 88.2 Å². The van der Waals surface area contributed by atoms with E-state index in [0.29, 0.717) is 11.4 Å². The Balaban J connectivity index is 1.83. The minimum atomic E-state index is -3.81.